The maximum absolute atomic E-state index is 12.4. The van der Waals surface area contributed by atoms with Crippen LogP contribution in [0, 0.1) is 6.92 Å². The number of amides is 1. The Hall–Kier alpha value is -3.08. The zero-order valence-corrected chi connectivity index (χ0v) is 14.7. The van der Waals surface area contributed by atoms with Crippen LogP contribution in [0.3, 0.4) is 0 Å². The highest BCUT2D eigenvalue weighted by molar-refractivity contribution is 5.93. The van der Waals surface area contributed by atoms with Gasteiger partial charge in [-0.05, 0) is 36.3 Å². The molecule has 2 aromatic heterocycles. The van der Waals surface area contributed by atoms with Crippen molar-refractivity contribution in [1.29, 1.82) is 0 Å². The van der Waals surface area contributed by atoms with Crippen LogP contribution in [0.1, 0.15) is 16.7 Å². The van der Waals surface area contributed by atoms with Gasteiger partial charge in [-0.3, -0.25) is 4.79 Å². The lowest BCUT2D eigenvalue weighted by atomic mass is 10.1. The first-order chi connectivity index (χ1) is 12.0. The first-order valence-corrected chi connectivity index (χ1v) is 8.14. The fourth-order valence-corrected chi connectivity index (χ4v) is 3.07. The van der Waals surface area contributed by atoms with Crippen molar-refractivity contribution in [2.24, 2.45) is 7.05 Å². The maximum atomic E-state index is 12.4. The molecule has 2 heterocycles. The van der Waals surface area contributed by atoms with Crippen LogP contribution in [-0.2, 0) is 18.4 Å². The molecule has 5 heteroatoms. The molecule has 3 rings (SSSR count). The van der Waals surface area contributed by atoms with E-state index in [0.717, 1.165) is 11.1 Å². The van der Waals surface area contributed by atoms with Gasteiger partial charge in [0.1, 0.15) is 5.82 Å². The molecule has 0 saturated heterocycles. The van der Waals surface area contributed by atoms with E-state index in [1.807, 2.05) is 19.2 Å². The Kier molecular flexibility index (Phi) is 4.57. The van der Waals surface area contributed by atoms with Gasteiger partial charge in [-0.2, -0.15) is 0 Å². The fourth-order valence-electron chi connectivity index (χ4n) is 3.07. The number of fused-ring (bicyclic) bond motifs is 1. The largest absolute Gasteiger partial charge is 0.383 e. The lowest BCUT2D eigenvalue weighted by Gasteiger charge is -2.14. The van der Waals surface area contributed by atoms with Gasteiger partial charge in [0.05, 0.1) is 5.52 Å². The van der Waals surface area contributed by atoms with E-state index in [4.69, 9.17) is 5.73 Å². The van der Waals surface area contributed by atoms with Gasteiger partial charge in [0.25, 0.3) is 0 Å². The number of benzene rings is 1. The third-order valence-electron chi connectivity index (χ3n) is 4.35. The van der Waals surface area contributed by atoms with Gasteiger partial charge in [0.15, 0.2) is 0 Å². The Morgan fingerprint density at radius 3 is 2.88 bits per heavy atom. The summed E-state index contributed by atoms with van der Waals surface area (Å²) in [5.74, 6) is 0.339. The molecule has 5 nitrogen and oxygen atoms in total. The Morgan fingerprint density at radius 2 is 2.12 bits per heavy atom. The van der Waals surface area contributed by atoms with Crippen LogP contribution in [0.5, 0.6) is 0 Å². The normalized spacial score (nSPS) is 11.3. The van der Waals surface area contributed by atoms with E-state index in [2.05, 4.69) is 34.8 Å². The molecular formula is C20H22N4O. The highest BCUT2D eigenvalue weighted by Crippen LogP contribution is 2.24. The predicted molar refractivity (Wildman–Crippen MR) is 102 cm³/mol. The molecule has 0 aliphatic rings. The maximum Gasteiger partial charge on any atom is 0.246 e. The van der Waals surface area contributed by atoms with Crippen LogP contribution < -0.4 is 5.73 Å². The van der Waals surface area contributed by atoms with Crippen LogP contribution >= 0.6 is 0 Å². The number of nitrogens with two attached hydrogens (primary N) is 1. The number of nitrogen functional groups attached to an aromatic ring is 1. The first-order valence-electron chi connectivity index (χ1n) is 8.14. The van der Waals surface area contributed by atoms with Gasteiger partial charge >= 0.3 is 0 Å². The molecule has 1 aromatic carbocycles. The van der Waals surface area contributed by atoms with E-state index in [1.54, 1.807) is 30.3 Å². The molecule has 0 bridgehead atoms. The number of rotatable bonds is 4. The molecule has 0 saturated carbocycles. The van der Waals surface area contributed by atoms with Crippen LogP contribution in [0.2, 0.25) is 0 Å². The van der Waals surface area contributed by atoms with E-state index in [1.165, 1.54) is 22.5 Å². The molecule has 0 unspecified atom stereocenters. The summed E-state index contributed by atoms with van der Waals surface area (Å²) < 4.78 is 2.12. The van der Waals surface area contributed by atoms with E-state index in [-0.39, 0.29) is 5.91 Å². The number of para-hydroxylation sites is 1. The molecule has 1 amide bonds. The topological polar surface area (TPSA) is 64.2 Å². The van der Waals surface area contributed by atoms with Crippen LogP contribution in [0.15, 0.2) is 48.8 Å². The number of anilines is 1. The van der Waals surface area contributed by atoms with Crippen molar-refractivity contribution in [3.8, 4) is 0 Å². The third-order valence-corrected chi connectivity index (χ3v) is 4.35. The number of pyridine rings is 1. The summed E-state index contributed by atoms with van der Waals surface area (Å²) in [6.45, 7) is 2.65. The highest BCUT2D eigenvalue weighted by atomic mass is 16.2. The Morgan fingerprint density at radius 1 is 1.32 bits per heavy atom. The van der Waals surface area contributed by atoms with E-state index in [0.29, 0.717) is 12.4 Å². The number of carbonyl (C=O) groups is 1. The highest BCUT2D eigenvalue weighted by Gasteiger charge is 2.12. The molecule has 0 radical (unpaired) electrons. The monoisotopic (exact) mass is 334 g/mol. The van der Waals surface area contributed by atoms with Crippen molar-refractivity contribution in [3.05, 3.63) is 65.5 Å². The molecule has 0 spiro atoms. The summed E-state index contributed by atoms with van der Waals surface area (Å²) >= 11 is 0. The third kappa shape index (κ3) is 3.40. The summed E-state index contributed by atoms with van der Waals surface area (Å²) in [6, 6.07) is 9.88. The molecule has 128 valence electrons. The lowest BCUT2D eigenvalue weighted by Crippen LogP contribution is -2.24. The van der Waals surface area contributed by atoms with Crippen LogP contribution in [-0.4, -0.2) is 27.4 Å². The number of aryl methyl sites for hydroxylation is 2. The van der Waals surface area contributed by atoms with E-state index < -0.39 is 0 Å². The number of hydrogen-bond donors (Lipinski definition) is 1. The van der Waals surface area contributed by atoms with Gasteiger partial charge in [0, 0.05) is 50.1 Å². The summed E-state index contributed by atoms with van der Waals surface area (Å²) in [5.41, 5.74) is 10.1. The first kappa shape index (κ1) is 16.8. The zero-order chi connectivity index (χ0) is 18.0. The predicted octanol–water partition coefficient (Wildman–Crippen LogP) is 3.14. The van der Waals surface area contributed by atoms with E-state index in [9.17, 15) is 4.79 Å². The molecule has 3 aromatic rings. The molecular weight excluding hydrogens is 312 g/mol. The summed E-state index contributed by atoms with van der Waals surface area (Å²) in [4.78, 5) is 18.1. The van der Waals surface area contributed by atoms with Crippen molar-refractivity contribution in [1.82, 2.24) is 14.5 Å². The van der Waals surface area contributed by atoms with Gasteiger partial charge in [-0.25, -0.2) is 4.98 Å². The van der Waals surface area contributed by atoms with Crippen molar-refractivity contribution in [2.75, 3.05) is 12.8 Å². The van der Waals surface area contributed by atoms with Crippen molar-refractivity contribution >= 4 is 28.7 Å². The average molecular weight is 334 g/mol. The Labute approximate surface area is 147 Å². The number of nitrogens with zero attached hydrogens (tertiary/aromatic N) is 3. The van der Waals surface area contributed by atoms with Crippen molar-refractivity contribution in [2.45, 2.75) is 13.5 Å². The quantitative estimate of drug-likeness (QED) is 0.746. The second-order valence-corrected chi connectivity index (χ2v) is 6.24. The van der Waals surface area contributed by atoms with E-state index >= 15 is 0 Å². The van der Waals surface area contributed by atoms with Crippen molar-refractivity contribution in [3.63, 3.8) is 0 Å². The number of hydrogen-bond acceptors (Lipinski definition) is 3. The number of carbonyl (C=O) groups excluding carboxylic acids is 1. The van der Waals surface area contributed by atoms with Gasteiger partial charge < -0.3 is 15.2 Å². The SMILES string of the molecule is Cc1cccc2c(CN(C)C(=O)/C=C/c3cccnc3N)cn(C)c12. The second kappa shape index (κ2) is 6.81. The molecule has 2 N–H and O–H groups in total. The standard InChI is InChI=1S/C20H22N4O/c1-14-6-4-8-17-16(13-24(3)19(14)17)12-23(2)18(25)10-9-15-7-5-11-22-20(15)21/h4-11,13H,12H2,1-3H3,(H2,21,22)/b10-9+. The van der Waals surface area contributed by atoms with Crippen LogP contribution in [0.4, 0.5) is 5.82 Å². The Balaban J connectivity index is 1.78. The van der Waals surface area contributed by atoms with Gasteiger partial charge in [0.2, 0.25) is 5.91 Å². The average Bonchev–Trinajstić information content (AvgIpc) is 2.91. The second-order valence-electron chi connectivity index (χ2n) is 6.24. The number of aromatic nitrogens is 2. The molecule has 0 atom stereocenters. The van der Waals surface area contributed by atoms with Gasteiger partial charge in [-0.15, -0.1) is 0 Å². The molecule has 0 aliphatic carbocycles. The number of likely N-dealkylation sites (N-methyl/N-ethyl adjacent to an activating group) is 1. The Bertz CT molecular complexity index is 955. The summed E-state index contributed by atoms with van der Waals surface area (Å²) in [5, 5.41) is 1.18. The minimum atomic E-state index is -0.0760. The minimum absolute atomic E-state index is 0.0760. The van der Waals surface area contributed by atoms with Gasteiger partial charge in [-0.1, -0.05) is 18.2 Å². The molecule has 0 aliphatic heterocycles. The lowest BCUT2D eigenvalue weighted by molar-refractivity contribution is -0.125. The zero-order valence-electron chi connectivity index (χ0n) is 14.7. The molecule has 0 fully saturated rings. The van der Waals surface area contributed by atoms with Crippen molar-refractivity contribution < 1.29 is 4.79 Å². The molecule has 25 heavy (non-hydrogen) atoms. The smallest absolute Gasteiger partial charge is 0.246 e. The fraction of sp³-hybridized carbons (Fsp3) is 0.200. The summed E-state index contributed by atoms with van der Waals surface area (Å²) in [7, 11) is 3.83. The minimum Gasteiger partial charge on any atom is -0.383 e. The van der Waals surface area contributed by atoms with Crippen LogP contribution in [0.25, 0.3) is 17.0 Å². The summed E-state index contributed by atoms with van der Waals surface area (Å²) in [6.07, 6.45) is 6.95.